The number of ether oxygens (including phenoxy) is 1. The van der Waals surface area contributed by atoms with Gasteiger partial charge in [-0.05, 0) is 37.6 Å². The number of methoxy groups -OCH3 is 1. The van der Waals surface area contributed by atoms with Crippen LogP contribution in [0.1, 0.15) is 22.4 Å². The normalized spacial score (nSPS) is 12.3. The summed E-state index contributed by atoms with van der Waals surface area (Å²) in [4.78, 5) is 18.2. The highest BCUT2D eigenvalue weighted by atomic mass is 16.5. The van der Waals surface area contributed by atoms with E-state index in [0.717, 1.165) is 29.1 Å². The van der Waals surface area contributed by atoms with E-state index in [2.05, 4.69) is 25.0 Å². The van der Waals surface area contributed by atoms with Crippen molar-refractivity contribution in [1.82, 2.24) is 9.38 Å². The Hall–Kier alpha value is -2.66. The maximum atomic E-state index is 12.3. The summed E-state index contributed by atoms with van der Waals surface area (Å²) in [6, 6.07) is 11.7. The number of pyridine rings is 1. The lowest BCUT2D eigenvalue weighted by Crippen LogP contribution is -3.06. The summed E-state index contributed by atoms with van der Waals surface area (Å²) >= 11 is 0. The van der Waals surface area contributed by atoms with E-state index in [9.17, 15) is 4.79 Å². The summed E-state index contributed by atoms with van der Waals surface area (Å²) in [5.74, 6) is 0.895. The largest absolute Gasteiger partial charge is 0.496 e. The smallest absolute Gasteiger partial charge is 0.258 e. The predicted molar refractivity (Wildman–Crippen MR) is 98.2 cm³/mol. The fourth-order valence-corrected chi connectivity index (χ4v) is 3.09. The average Bonchev–Trinajstić information content (AvgIpc) is 2.56. The third-order valence-corrected chi connectivity index (χ3v) is 4.27. The Bertz CT molecular complexity index is 963. The van der Waals surface area contributed by atoms with E-state index in [1.165, 1.54) is 10.5 Å². The van der Waals surface area contributed by atoms with Crippen LogP contribution in [0, 0.1) is 13.8 Å². The molecule has 0 aliphatic heterocycles. The van der Waals surface area contributed by atoms with Crippen molar-refractivity contribution in [3.8, 4) is 5.75 Å². The minimum Gasteiger partial charge on any atom is -0.496 e. The van der Waals surface area contributed by atoms with Gasteiger partial charge in [-0.3, -0.25) is 9.20 Å². The average molecular weight is 338 g/mol. The molecule has 1 atom stereocenters. The molecule has 3 aromatic rings. The number of nitrogens with one attached hydrogen (secondary N) is 1. The quantitative estimate of drug-likeness (QED) is 0.768. The van der Waals surface area contributed by atoms with Crippen LogP contribution in [-0.2, 0) is 13.1 Å². The van der Waals surface area contributed by atoms with Crippen LogP contribution in [0.3, 0.4) is 0 Å². The minimum absolute atomic E-state index is 0.0374. The second kappa shape index (κ2) is 7.07. The second-order valence-electron chi connectivity index (χ2n) is 6.65. The Morgan fingerprint density at radius 2 is 1.84 bits per heavy atom. The number of aryl methyl sites for hydroxylation is 2. The molecule has 0 bridgehead atoms. The van der Waals surface area contributed by atoms with E-state index in [4.69, 9.17) is 4.74 Å². The fourth-order valence-electron chi connectivity index (χ4n) is 3.09. The molecule has 5 nitrogen and oxygen atoms in total. The molecule has 0 spiro atoms. The summed E-state index contributed by atoms with van der Waals surface area (Å²) < 4.78 is 7.05. The van der Waals surface area contributed by atoms with Crippen molar-refractivity contribution in [2.75, 3.05) is 14.2 Å². The Morgan fingerprint density at radius 1 is 1.08 bits per heavy atom. The molecule has 5 heteroatoms. The highest BCUT2D eigenvalue weighted by molar-refractivity contribution is 5.40. The first-order chi connectivity index (χ1) is 12.0. The first-order valence-corrected chi connectivity index (χ1v) is 8.40. The van der Waals surface area contributed by atoms with Gasteiger partial charge in [-0.2, -0.15) is 0 Å². The Morgan fingerprint density at radius 3 is 2.60 bits per heavy atom. The zero-order valence-electron chi connectivity index (χ0n) is 15.2. The van der Waals surface area contributed by atoms with Gasteiger partial charge in [0.05, 0.1) is 14.2 Å². The molecular weight excluding hydrogens is 314 g/mol. The van der Waals surface area contributed by atoms with E-state index < -0.39 is 0 Å². The van der Waals surface area contributed by atoms with Gasteiger partial charge in [-0.25, -0.2) is 4.98 Å². The van der Waals surface area contributed by atoms with E-state index >= 15 is 0 Å². The van der Waals surface area contributed by atoms with Gasteiger partial charge in [0.1, 0.15) is 30.2 Å². The van der Waals surface area contributed by atoms with Gasteiger partial charge < -0.3 is 9.64 Å². The molecule has 0 radical (unpaired) electrons. The lowest BCUT2D eigenvalue weighted by molar-refractivity contribution is -0.908. The minimum atomic E-state index is -0.0374. The molecule has 3 rings (SSSR count). The van der Waals surface area contributed by atoms with E-state index in [1.54, 1.807) is 17.6 Å². The maximum Gasteiger partial charge on any atom is 0.258 e. The number of rotatable bonds is 5. The lowest BCUT2D eigenvalue weighted by Gasteiger charge is -2.16. The van der Waals surface area contributed by atoms with Crippen LogP contribution in [0.25, 0.3) is 5.65 Å². The number of aromatic nitrogens is 2. The number of hydrogen-bond donors (Lipinski definition) is 1. The van der Waals surface area contributed by atoms with Crippen molar-refractivity contribution in [2.45, 2.75) is 26.9 Å². The van der Waals surface area contributed by atoms with Crippen LogP contribution in [0.5, 0.6) is 5.75 Å². The zero-order chi connectivity index (χ0) is 18.0. The molecule has 1 unspecified atom stereocenters. The van der Waals surface area contributed by atoms with Gasteiger partial charge >= 0.3 is 0 Å². The molecular formula is C20H24N3O2+. The number of quaternary nitrogens is 1. The predicted octanol–water partition coefficient (Wildman–Crippen LogP) is 1.53. The molecule has 130 valence electrons. The third-order valence-electron chi connectivity index (χ3n) is 4.27. The van der Waals surface area contributed by atoms with Crippen LogP contribution >= 0.6 is 0 Å². The Labute approximate surface area is 147 Å². The molecule has 0 aliphatic rings. The summed E-state index contributed by atoms with van der Waals surface area (Å²) in [7, 11) is 3.79. The topological polar surface area (TPSA) is 48.0 Å². The van der Waals surface area contributed by atoms with E-state index in [1.807, 2.05) is 37.4 Å². The summed E-state index contributed by atoms with van der Waals surface area (Å²) in [5, 5.41) is 0. The van der Waals surface area contributed by atoms with E-state index in [-0.39, 0.29) is 5.56 Å². The summed E-state index contributed by atoms with van der Waals surface area (Å²) in [6.07, 6.45) is 1.82. The lowest BCUT2D eigenvalue weighted by atomic mass is 10.1. The molecule has 0 saturated carbocycles. The number of benzene rings is 1. The molecule has 1 N–H and O–H groups in total. The van der Waals surface area contributed by atoms with Crippen LogP contribution in [-0.4, -0.2) is 23.5 Å². The van der Waals surface area contributed by atoms with Crippen molar-refractivity contribution in [3.05, 3.63) is 75.3 Å². The molecule has 2 aromatic heterocycles. The van der Waals surface area contributed by atoms with Crippen molar-refractivity contribution in [1.29, 1.82) is 0 Å². The monoisotopic (exact) mass is 338 g/mol. The molecule has 25 heavy (non-hydrogen) atoms. The van der Waals surface area contributed by atoms with Crippen molar-refractivity contribution in [3.63, 3.8) is 0 Å². The van der Waals surface area contributed by atoms with Crippen molar-refractivity contribution >= 4 is 5.65 Å². The van der Waals surface area contributed by atoms with Crippen molar-refractivity contribution in [2.24, 2.45) is 0 Å². The summed E-state index contributed by atoms with van der Waals surface area (Å²) in [5.41, 5.74) is 4.87. The molecule has 1 aromatic carbocycles. The Balaban J connectivity index is 1.83. The SMILES string of the molecule is COc1ccc(C)cc1C[NH+](C)Cc1cc(=O)n2cc(C)ccc2n1. The number of hydrogen-bond acceptors (Lipinski definition) is 3. The van der Waals surface area contributed by atoms with Gasteiger partial charge in [-0.1, -0.05) is 17.7 Å². The van der Waals surface area contributed by atoms with Gasteiger partial charge in [0.2, 0.25) is 0 Å². The van der Waals surface area contributed by atoms with E-state index in [0.29, 0.717) is 12.2 Å². The van der Waals surface area contributed by atoms with Gasteiger partial charge in [0.15, 0.2) is 0 Å². The standard InChI is InChI=1S/C20H23N3O2/c1-14-5-7-18(25-4)16(9-14)12-22(3)13-17-10-20(24)23-11-15(2)6-8-19(23)21-17/h5-11H,12-13H2,1-4H3/p+1. The van der Waals surface area contributed by atoms with Crippen LogP contribution < -0.4 is 15.2 Å². The highest BCUT2D eigenvalue weighted by Gasteiger charge is 2.12. The van der Waals surface area contributed by atoms with Gasteiger partial charge in [0, 0.05) is 17.8 Å². The third kappa shape index (κ3) is 3.88. The van der Waals surface area contributed by atoms with Crippen LogP contribution in [0.2, 0.25) is 0 Å². The molecule has 0 amide bonds. The van der Waals surface area contributed by atoms with Crippen LogP contribution in [0.4, 0.5) is 0 Å². The zero-order valence-corrected chi connectivity index (χ0v) is 15.2. The second-order valence-corrected chi connectivity index (χ2v) is 6.65. The van der Waals surface area contributed by atoms with Gasteiger partial charge in [-0.15, -0.1) is 0 Å². The maximum absolute atomic E-state index is 12.3. The molecule has 0 saturated heterocycles. The fraction of sp³-hybridized carbons (Fsp3) is 0.300. The number of nitrogens with zero attached hydrogens (tertiary/aromatic N) is 2. The summed E-state index contributed by atoms with van der Waals surface area (Å²) in [6.45, 7) is 5.52. The highest BCUT2D eigenvalue weighted by Crippen LogP contribution is 2.18. The van der Waals surface area contributed by atoms with Crippen molar-refractivity contribution < 1.29 is 9.64 Å². The number of fused-ring (bicyclic) bond motifs is 1. The Kier molecular flexibility index (Phi) is 4.86. The first-order valence-electron chi connectivity index (χ1n) is 8.40. The molecule has 0 fully saturated rings. The molecule has 0 aliphatic carbocycles. The van der Waals surface area contributed by atoms with Crippen LogP contribution in [0.15, 0.2) is 47.4 Å². The first kappa shape index (κ1) is 17.2. The van der Waals surface area contributed by atoms with Gasteiger partial charge in [0.25, 0.3) is 5.56 Å². The molecule has 2 heterocycles.